The van der Waals surface area contributed by atoms with Crippen molar-refractivity contribution in [3.63, 3.8) is 0 Å². The van der Waals surface area contributed by atoms with E-state index in [0.29, 0.717) is 12.0 Å². The molecule has 2 aromatic heterocycles. The number of hydrogen-bond acceptors (Lipinski definition) is 6. The Balaban J connectivity index is 1.58. The zero-order valence-electron chi connectivity index (χ0n) is 18.6. The fourth-order valence-corrected chi connectivity index (χ4v) is 5.81. The van der Waals surface area contributed by atoms with E-state index in [-0.39, 0.29) is 16.6 Å². The van der Waals surface area contributed by atoms with E-state index in [1.54, 1.807) is 16.9 Å². The van der Waals surface area contributed by atoms with Crippen molar-refractivity contribution in [3.8, 4) is 17.5 Å². The molecule has 4 aromatic rings. The molecule has 0 N–H and O–H groups in total. The maximum atomic E-state index is 12.5. The number of hydrogen-bond donors (Lipinski definition) is 0. The lowest BCUT2D eigenvalue weighted by atomic mass is 9.88. The van der Waals surface area contributed by atoms with Gasteiger partial charge in [-0.2, -0.15) is 15.5 Å². The van der Waals surface area contributed by atoms with Crippen LogP contribution < -0.4 is 4.74 Å². The summed E-state index contributed by atoms with van der Waals surface area (Å²) in [5.74, 6) is 0.719. The lowest BCUT2D eigenvalue weighted by molar-refractivity contribution is 0.181. The van der Waals surface area contributed by atoms with Gasteiger partial charge in [0.2, 0.25) is 0 Å². The van der Waals surface area contributed by atoms with Gasteiger partial charge in [0, 0.05) is 24.8 Å². The van der Waals surface area contributed by atoms with Crippen LogP contribution in [0, 0.1) is 18.3 Å². The zero-order chi connectivity index (χ0) is 23.3. The molecule has 8 nitrogen and oxygen atoms in total. The van der Waals surface area contributed by atoms with E-state index in [4.69, 9.17) is 4.74 Å². The Morgan fingerprint density at radius 2 is 2.03 bits per heavy atom. The van der Waals surface area contributed by atoms with Gasteiger partial charge in [-0.1, -0.05) is 6.07 Å². The Kier molecular flexibility index (Phi) is 4.98. The van der Waals surface area contributed by atoms with E-state index >= 15 is 0 Å². The molecule has 9 heteroatoms. The number of aryl methyl sites for hydroxylation is 2. The maximum absolute atomic E-state index is 12.5. The SMILES string of the molecule is Cc1cc2cnn(-c3cnn(C)c3)c2cc1OC1CCCc2c1ccc(C#N)c2S(C)(=O)=O. The van der Waals surface area contributed by atoms with Crippen LogP contribution in [0.1, 0.15) is 41.2 Å². The summed E-state index contributed by atoms with van der Waals surface area (Å²) in [5.41, 5.74) is 4.45. The van der Waals surface area contributed by atoms with Gasteiger partial charge < -0.3 is 4.74 Å². The first-order valence-electron chi connectivity index (χ1n) is 10.7. The van der Waals surface area contributed by atoms with Gasteiger partial charge in [0.05, 0.1) is 34.6 Å². The first kappa shape index (κ1) is 21.2. The lowest BCUT2D eigenvalue weighted by Crippen LogP contribution is -2.19. The molecule has 0 saturated carbocycles. The first-order valence-corrected chi connectivity index (χ1v) is 12.6. The molecule has 1 aliphatic carbocycles. The van der Waals surface area contributed by atoms with E-state index in [9.17, 15) is 13.7 Å². The second kappa shape index (κ2) is 7.74. The third kappa shape index (κ3) is 3.66. The molecule has 2 aromatic carbocycles. The quantitative estimate of drug-likeness (QED) is 0.458. The van der Waals surface area contributed by atoms with Crippen molar-refractivity contribution in [2.75, 3.05) is 6.26 Å². The molecule has 33 heavy (non-hydrogen) atoms. The lowest BCUT2D eigenvalue weighted by Gasteiger charge is -2.28. The third-order valence-electron chi connectivity index (χ3n) is 6.10. The normalized spacial score (nSPS) is 15.9. The van der Waals surface area contributed by atoms with Crippen molar-refractivity contribution < 1.29 is 13.2 Å². The molecule has 0 radical (unpaired) electrons. The average molecular weight is 462 g/mol. The van der Waals surface area contributed by atoms with Gasteiger partial charge in [-0.15, -0.1) is 0 Å². The minimum Gasteiger partial charge on any atom is -0.485 e. The molecule has 1 atom stereocenters. The highest BCUT2D eigenvalue weighted by molar-refractivity contribution is 7.90. The van der Waals surface area contributed by atoms with Crippen LogP contribution >= 0.6 is 0 Å². The van der Waals surface area contributed by atoms with E-state index < -0.39 is 9.84 Å². The highest BCUT2D eigenvalue weighted by atomic mass is 32.2. The van der Waals surface area contributed by atoms with Crippen LogP contribution in [0.4, 0.5) is 0 Å². The summed E-state index contributed by atoms with van der Waals surface area (Å²) in [6.45, 7) is 1.99. The Hall–Kier alpha value is -3.64. The molecule has 5 rings (SSSR count). The number of ether oxygens (including phenoxy) is 1. The van der Waals surface area contributed by atoms with E-state index in [0.717, 1.165) is 52.6 Å². The van der Waals surface area contributed by atoms with Gasteiger partial charge >= 0.3 is 0 Å². The fourth-order valence-electron chi connectivity index (χ4n) is 4.63. The van der Waals surface area contributed by atoms with Gasteiger partial charge in [0.25, 0.3) is 0 Å². The van der Waals surface area contributed by atoms with Gasteiger partial charge in [-0.25, -0.2) is 13.1 Å². The van der Waals surface area contributed by atoms with Crippen molar-refractivity contribution in [2.45, 2.75) is 37.2 Å². The van der Waals surface area contributed by atoms with Gasteiger partial charge in [0.15, 0.2) is 9.84 Å². The fraction of sp³-hybridized carbons (Fsp3) is 0.292. The predicted molar refractivity (Wildman–Crippen MR) is 123 cm³/mol. The monoisotopic (exact) mass is 461 g/mol. The smallest absolute Gasteiger partial charge is 0.177 e. The molecule has 0 fully saturated rings. The van der Waals surface area contributed by atoms with Crippen molar-refractivity contribution in [3.05, 3.63) is 65.1 Å². The average Bonchev–Trinajstić information content (AvgIpc) is 3.38. The van der Waals surface area contributed by atoms with Crippen LogP contribution in [-0.2, 0) is 23.3 Å². The van der Waals surface area contributed by atoms with Crippen molar-refractivity contribution in [1.82, 2.24) is 19.6 Å². The highest BCUT2D eigenvalue weighted by Gasteiger charge is 2.29. The Bertz CT molecular complexity index is 1540. The Morgan fingerprint density at radius 1 is 1.21 bits per heavy atom. The van der Waals surface area contributed by atoms with E-state index in [1.165, 1.54) is 0 Å². The molecular weight excluding hydrogens is 438 g/mol. The zero-order valence-corrected chi connectivity index (χ0v) is 19.4. The molecule has 0 bridgehead atoms. The van der Waals surface area contributed by atoms with Gasteiger partial charge in [0.1, 0.15) is 23.6 Å². The van der Waals surface area contributed by atoms with Gasteiger partial charge in [-0.05, 0) is 55.0 Å². The topological polar surface area (TPSA) is 103 Å². The second-order valence-electron chi connectivity index (χ2n) is 8.50. The summed E-state index contributed by atoms with van der Waals surface area (Å²) in [7, 11) is -1.69. The summed E-state index contributed by atoms with van der Waals surface area (Å²) in [5, 5.41) is 19.2. The Morgan fingerprint density at radius 3 is 2.73 bits per heavy atom. The summed E-state index contributed by atoms with van der Waals surface area (Å²) in [6, 6.07) is 9.46. The summed E-state index contributed by atoms with van der Waals surface area (Å²) in [6.07, 6.45) is 8.48. The maximum Gasteiger partial charge on any atom is 0.177 e. The number of sulfone groups is 1. The third-order valence-corrected chi connectivity index (χ3v) is 7.31. The number of nitrogens with zero attached hydrogens (tertiary/aromatic N) is 5. The number of benzene rings is 2. The molecule has 0 saturated heterocycles. The van der Waals surface area contributed by atoms with Crippen LogP contribution in [0.25, 0.3) is 16.6 Å². The molecule has 2 heterocycles. The number of nitriles is 1. The van der Waals surface area contributed by atoms with Crippen LogP contribution in [0.2, 0.25) is 0 Å². The van der Waals surface area contributed by atoms with E-state index in [2.05, 4.69) is 10.2 Å². The van der Waals surface area contributed by atoms with Crippen molar-refractivity contribution in [1.29, 1.82) is 5.26 Å². The number of rotatable bonds is 4. The largest absolute Gasteiger partial charge is 0.485 e. The molecular formula is C24H23N5O3S. The van der Waals surface area contributed by atoms with Gasteiger partial charge in [-0.3, -0.25) is 4.68 Å². The van der Waals surface area contributed by atoms with E-state index in [1.807, 2.05) is 55.3 Å². The summed E-state index contributed by atoms with van der Waals surface area (Å²) >= 11 is 0. The minimum atomic E-state index is -3.54. The molecule has 1 unspecified atom stereocenters. The summed E-state index contributed by atoms with van der Waals surface area (Å²) < 4.78 is 35.0. The standard InChI is InChI=1S/C24H23N5O3S/c1-15-9-17-12-27-29(18-13-26-28(2)14-18)21(17)10-23(15)32-22-6-4-5-20-19(22)8-7-16(11-25)24(20)33(3,30)31/h7-10,12-14,22H,4-6H2,1-3H3. The molecule has 0 amide bonds. The first-order chi connectivity index (χ1) is 15.8. The minimum absolute atomic E-state index is 0.137. The predicted octanol–water partition coefficient (Wildman–Crippen LogP) is 3.80. The van der Waals surface area contributed by atoms with Crippen LogP contribution in [0.3, 0.4) is 0 Å². The highest BCUT2D eigenvalue weighted by Crippen LogP contribution is 2.39. The second-order valence-corrected chi connectivity index (χ2v) is 10.5. The molecule has 0 aliphatic heterocycles. The number of fused-ring (bicyclic) bond motifs is 2. The van der Waals surface area contributed by atoms with Crippen LogP contribution in [0.15, 0.2) is 47.8 Å². The molecule has 168 valence electrons. The van der Waals surface area contributed by atoms with Crippen molar-refractivity contribution in [2.24, 2.45) is 7.05 Å². The molecule has 0 spiro atoms. The number of aromatic nitrogens is 4. The van der Waals surface area contributed by atoms with Crippen LogP contribution in [0.5, 0.6) is 5.75 Å². The van der Waals surface area contributed by atoms with Crippen molar-refractivity contribution >= 4 is 20.7 Å². The Labute approximate surface area is 191 Å². The summed E-state index contributed by atoms with van der Waals surface area (Å²) in [4.78, 5) is 0.137. The molecule has 1 aliphatic rings. The van der Waals surface area contributed by atoms with Crippen LogP contribution in [-0.4, -0.2) is 34.2 Å².